The first-order valence-corrected chi connectivity index (χ1v) is 8.09. The molecular weight excluding hydrogens is 331 g/mol. The fourth-order valence-corrected chi connectivity index (χ4v) is 2.78. The van der Waals surface area contributed by atoms with Crippen LogP contribution in [0.25, 0.3) is 0 Å². The zero-order valence-corrected chi connectivity index (χ0v) is 12.7. The average molecular weight is 345 g/mol. The van der Waals surface area contributed by atoms with Crippen molar-refractivity contribution in [2.24, 2.45) is 0 Å². The summed E-state index contributed by atoms with van der Waals surface area (Å²) in [6.45, 7) is 0.254. The predicted molar refractivity (Wildman–Crippen MR) is 79.4 cm³/mol. The van der Waals surface area contributed by atoms with Crippen molar-refractivity contribution < 1.29 is 21.6 Å². The van der Waals surface area contributed by atoms with Gasteiger partial charge in [0.15, 0.2) is 0 Å². The van der Waals surface area contributed by atoms with Gasteiger partial charge in [-0.15, -0.1) is 0 Å². The molecule has 1 aromatic heterocycles. The molecule has 124 valence electrons. The van der Waals surface area contributed by atoms with Gasteiger partial charge in [-0.25, -0.2) is 18.1 Å². The summed E-state index contributed by atoms with van der Waals surface area (Å²) in [5, 5.41) is 2.74. The van der Waals surface area contributed by atoms with E-state index in [1.165, 1.54) is 18.2 Å². The number of rotatable bonds is 6. The van der Waals surface area contributed by atoms with Crippen LogP contribution in [0, 0.1) is 0 Å². The minimum Gasteiger partial charge on any atom is -0.369 e. The normalized spacial score (nSPS) is 12.1. The quantitative estimate of drug-likeness (QED) is 0.789. The second kappa shape index (κ2) is 6.97. The summed E-state index contributed by atoms with van der Waals surface area (Å²) >= 11 is 0. The maximum absolute atomic E-state index is 12.4. The average Bonchev–Trinajstić information content (AvgIpc) is 2.52. The smallest absolute Gasteiger partial charge is 0.369 e. The Bertz CT molecular complexity index is 732. The molecule has 0 radical (unpaired) electrons. The van der Waals surface area contributed by atoms with E-state index in [9.17, 15) is 21.6 Å². The van der Waals surface area contributed by atoms with Gasteiger partial charge in [0.25, 0.3) is 0 Å². The van der Waals surface area contributed by atoms with Crippen LogP contribution in [0.1, 0.15) is 5.56 Å². The Morgan fingerprint density at radius 3 is 2.26 bits per heavy atom. The second-order valence-electron chi connectivity index (χ2n) is 4.57. The molecule has 0 saturated carbocycles. The van der Waals surface area contributed by atoms with Gasteiger partial charge in [-0.05, 0) is 24.3 Å². The van der Waals surface area contributed by atoms with Crippen LogP contribution in [0.2, 0.25) is 0 Å². The highest BCUT2D eigenvalue weighted by Gasteiger charge is 2.30. The van der Waals surface area contributed by atoms with Gasteiger partial charge in [-0.2, -0.15) is 13.2 Å². The highest BCUT2D eigenvalue weighted by Crippen LogP contribution is 2.28. The summed E-state index contributed by atoms with van der Waals surface area (Å²) < 4.78 is 63.4. The van der Waals surface area contributed by atoms with Crippen LogP contribution >= 0.6 is 0 Å². The molecule has 0 aliphatic heterocycles. The van der Waals surface area contributed by atoms with Crippen LogP contribution in [0.5, 0.6) is 0 Å². The Morgan fingerprint density at radius 2 is 1.70 bits per heavy atom. The van der Waals surface area contributed by atoms with Gasteiger partial charge in [-0.1, -0.05) is 18.2 Å². The van der Waals surface area contributed by atoms with Crippen LogP contribution in [-0.2, 0) is 16.2 Å². The molecule has 0 atom stereocenters. The number of benzene rings is 1. The highest BCUT2D eigenvalue weighted by molar-refractivity contribution is 7.89. The van der Waals surface area contributed by atoms with E-state index in [0.717, 1.165) is 12.3 Å². The number of sulfonamides is 1. The van der Waals surface area contributed by atoms with Gasteiger partial charge >= 0.3 is 6.18 Å². The van der Waals surface area contributed by atoms with E-state index in [0.29, 0.717) is 0 Å². The van der Waals surface area contributed by atoms with E-state index in [4.69, 9.17) is 0 Å². The third-order valence-corrected chi connectivity index (χ3v) is 4.34. The predicted octanol–water partition coefficient (Wildman–Crippen LogP) is 2.49. The van der Waals surface area contributed by atoms with E-state index >= 15 is 0 Å². The van der Waals surface area contributed by atoms with E-state index in [2.05, 4.69) is 15.0 Å². The maximum atomic E-state index is 12.4. The molecule has 5 nitrogen and oxygen atoms in total. The zero-order valence-electron chi connectivity index (χ0n) is 11.8. The van der Waals surface area contributed by atoms with Crippen molar-refractivity contribution in [2.45, 2.75) is 11.1 Å². The molecule has 0 fully saturated rings. The monoisotopic (exact) mass is 345 g/mol. The fourth-order valence-electron chi connectivity index (χ4n) is 1.73. The number of aromatic nitrogens is 1. The molecule has 1 heterocycles. The lowest BCUT2D eigenvalue weighted by Gasteiger charge is -2.09. The van der Waals surface area contributed by atoms with Crippen LogP contribution in [-0.4, -0.2) is 26.5 Å². The molecule has 0 bridgehead atoms. The van der Waals surface area contributed by atoms with Gasteiger partial charge in [0.05, 0.1) is 10.5 Å². The summed E-state index contributed by atoms with van der Waals surface area (Å²) in [6, 6.07) is 9.95. The van der Waals surface area contributed by atoms with Crippen molar-refractivity contribution in [2.75, 3.05) is 18.4 Å². The standard InChI is InChI=1S/C14H14F3N3O2S/c15-14(16,17)11-6-7-13(19-10-11)18-8-9-20-23(21,22)12-4-2-1-3-5-12/h1-7,10,20H,8-9H2,(H,18,19). The first-order valence-electron chi connectivity index (χ1n) is 6.61. The minimum atomic E-state index is -4.43. The largest absolute Gasteiger partial charge is 0.417 e. The number of halogens is 3. The molecule has 0 aliphatic rings. The third-order valence-electron chi connectivity index (χ3n) is 2.87. The van der Waals surface area contributed by atoms with Gasteiger partial charge in [0.2, 0.25) is 10.0 Å². The molecule has 0 spiro atoms. The molecule has 1 aromatic carbocycles. The summed E-state index contributed by atoms with van der Waals surface area (Å²) in [5.74, 6) is 0.233. The first-order chi connectivity index (χ1) is 10.8. The molecule has 0 aliphatic carbocycles. The Hall–Kier alpha value is -2.13. The van der Waals surface area contributed by atoms with Crippen LogP contribution in [0.15, 0.2) is 53.6 Å². The van der Waals surface area contributed by atoms with E-state index in [1.807, 2.05) is 0 Å². The number of pyridine rings is 1. The lowest BCUT2D eigenvalue weighted by molar-refractivity contribution is -0.137. The van der Waals surface area contributed by atoms with Gasteiger partial charge in [-0.3, -0.25) is 0 Å². The Morgan fingerprint density at radius 1 is 1.00 bits per heavy atom. The molecular formula is C14H14F3N3O2S. The van der Waals surface area contributed by atoms with Crippen molar-refractivity contribution >= 4 is 15.8 Å². The van der Waals surface area contributed by atoms with Gasteiger partial charge in [0.1, 0.15) is 5.82 Å². The zero-order chi connectivity index (χ0) is 16.9. The number of anilines is 1. The SMILES string of the molecule is O=S(=O)(NCCNc1ccc(C(F)(F)F)cn1)c1ccccc1. The Balaban J connectivity index is 1.84. The van der Waals surface area contributed by atoms with Crippen LogP contribution < -0.4 is 10.0 Å². The number of hydrogen-bond donors (Lipinski definition) is 2. The van der Waals surface area contributed by atoms with E-state index in [-0.39, 0.29) is 23.8 Å². The van der Waals surface area contributed by atoms with Crippen LogP contribution in [0.3, 0.4) is 0 Å². The fraction of sp³-hybridized carbons (Fsp3) is 0.214. The molecule has 9 heteroatoms. The molecule has 0 saturated heterocycles. The highest BCUT2D eigenvalue weighted by atomic mass is 32.2. The van der Waals surface area contributed by atoms with Crippen LogP contribution in [0.4, 0.5) is 19.0 Å². The van der Waals surface area contributed by atoms with E-state index < -0.39 is 21.8 Å². The number of alkyl halides is 3. The Kier molecular flexibility index (Phi) is 5.22. The molecule has 23 heavy (non-hydrogen) atoms. The number of nitrogens with one attached hydrogen (secondary N) is 2. The van der Waals surface area contributed by atoms with Crippen molar-refractivity contribution in [1.82, 2.24) is 9.71 Å². The topological polar surface area (TPSA) is 71.1 Å². The second-order valence-corrected chi connectivity index (χ2v) is 6.33. The lowest BCUT2D eigenvalue weighted by atomic mass is 10.3. The first kappa shape index (κ1) is 17.2. The minimum absolute atomic E-state index is 0.0694. The van der Waals surface area contributed by atoms with Crippen molar-refractivity contribution in [1.29, 1.82) is 0 Å². The molecule has 2 aromatic rings. The summed E-state index contributed by atoms with van der Waals surface area (Å²) in [5.41, 5.74) is -0.840. The molecule has 0 unspecified atom stereocenters. The number of hydrogen-bond acceptors (Lipinski definition) is 4. The van der Waals surface area contributed by atoms with Crippen molar-refractivity contribution in [3.63, 3.8) is 0 Å². The van der Waals surface area contributed by atoms with Gasteiger partial charge < -0.3 is 5.32 Å². The molecule has 2 rings (SSSR count). The number of nitrogens with zero attached hydrogens (tertiary/aromatic N) is 1. The van der Waals surface area contributed by atoms with Crippen molar-refractivity contribution in [3.05, 3.63) is 54.2 Å². The summed E-state index contributed by atoms with van der Waals surface area (Å²) in [4.78, 5) is 3.77. The Labute approximate surface area is 131 Å². The third kappa shape index (κ3) is 4.93. The summed E-state index contributed by atoms with van der Waals surface area (Å²) in [7, 11) is -3.60. The summed E-state index contributed by atoms with van der Waals surface area (Å²) in [6.07, 6.45) is -3.71. The molecule has 2 N–H and O–H groups in total. The van der Waals surface area contributed by atoms with Crippen molar-refractivity contribution in [3.8, 4) is 0 Å². The maximum Gasteiger partial charge on any atom is 0.417 e. The lowest BCUT2D eigenvalue weighted by Crippen LogP contribution is -2.29. The van der Waals surface area contributed by atoms with E-state index in [1.54, 1.807) is 18.2 Å². The van der Waals surface area contributed by atoms with Gasteiger partial charge in [0, 0.05) is 19.3 Å². The molecule has 0 amide bonds.